The summed E-state index contributed by atoms with van der Waals surface area (Å²) in [7, 11) is 2.19. The SMILES string of the molecule is CC(=O)C1CCN(C(C)C)CC1.CC(C)N1CCCC1.CC(C)N1CCN(C)CC1.CCC(=O)N1CCN(C(C)C)CC1.CCC1CCN(C(C)C)CC1.CCN1CCN(C(C)C)CC1. The van der Waals surface area contributed by atoms with E-state index in [1.54, 1.807) is 6.92 Å². The highest BCUT2D eigenvalue weighted by Gasteiger charge is 2.24. The molecule has 0 atom stereocenters. The van der Waals surface area contributed by atoms with Gasteiger partial charge in [0.1, 0.15) is 5.78 Å². The Morgan fingerprint density at radius 2 is 0.754 bits per heavy atom. The van der Waals surface area contributed by atoms with Gasteiger partial charge in [-0.1, -0.05) is 27.2 Å². The molecule has 6 rings (SSSR count). The van der Waals surface area contributed by atoms with Crippen molar-refractivity contribution in [2.45, 2.75) is 198 Å². The van der Waals surface area contributed by atoms with Gasteiger partial charge in [0.15, 0.2) is 0 Å². The number of hydrogen-bond donors (Lipinski definition) is 0. The van der Waals surface area contributed by atoms with E-state index in [0.717, 1.165) is 82.2 Å². The monoisotopic (exact) mass is 920 g/mol. The van der Waals surface area contributed by atoms with Crippen molar-refractivity contribution >= 4 is 11.7 Å². The minimum absolute atomic E-state index is 0.295. The maximum atomic E-state index is 11.4. The number of nitrogens with zero attached hydrogens (tertiary/aromatic N) is 9. The molecule has 0 aliphatic carbocycles. The summed E-state index contributed by atoms with van der Waals surface area (Å²) < 4.78 is 0. The van der Waals surface area contributed by atoms with E-state index in [1.807, 2.05) is 11.8 Å². The molecule has 11 nitrogen and oxygen atoms in total. The lowest BCUT2D eigenvalue weighted by atomic mass is 9.93. The number of piperidine rings is 2. The molecule has 386 valence electrons. The largest absolute Gasteiger partial charge is 0.340 e. The van der Waals surface area contributed by atoms with Crippen molar-refractivity contribution in [1.82, 2.24) is 44.1 Å². The minimum Gasteiger partial charge on any atom is -0.340 e. The molecule has 6 aliphatic rings. The van der Waals surface area contributed by atoms with Gasteiger partial charge in [0.2, 0.25) is 5.91 Å². The predicted octanol–water partition coefficient (Wildman–Crippen LogP) is 8.33. The Labute approximate surface area is 405 Å². The van der Waals surface area contributed by atoms with E-state index in [2.05, 4.69) is 143 Å². The van der Waals surface area contributed by atoms with Crippen molar-refractivity contribution in [3.8, 4) is 0 Å². The molecule has 0 bridgehead atoms. The van der Waals surface area contributed by atoms with Gasteiger partial charge in [0, 0.05) is 127 Å². The molecule has 0 saturated carbocycles. The summed E-state index contributed by atoms with van der Waals surface area (Å²) in [5, 5.41) is 0. The average Bonchev–Trinajstić information content (AvgIpc) is 3.86. The van der Waals surface area contributed by atoms with Crippen LogP contribution < -0.4 is 0 Å². The number of rotatable bonds is 10. The lowest BCUT2D eigenvalue weighted by Gasteiger charge is -2.36. The topological polar surface area (TPSA) is 63.3 Å². The molecule has 6 heterocycles. The highest BCUT2D eigenvalue weighted by Crippen LogP contribution is 2.21. The summed E-state index contributed by atoms with van der Waals surface area (Å²) in [6.07, 6.45) is 9.83. The molecule has 1 amide bonds. The van der Waals surface area contributed by atoms with E-state index in [-0.39, 0.29) is 0 Å². The molecule has 6 aliphatic heterocycles. The van der Waals surface area contributed by atoms with E-state index < -0.39 is 0 Å². The molecule has 6 saturated heterocycles. The van der Waals surface area contributed by atoms with Gasteiger partial charge in [-0.05, 0) is 187 Å². The molecule has 6 fully saturated rings. The second-order valence-corrected chi connectivity index (χ2v) is 21.7. The smallest absolute Gasteiger partial charge is 0.222 e. The summed E-state index contributed by atoms with van der Waals surface area (Å²) in [5.41, 5.74) is 0. The van der Waals surface area contributed by atoms with Crippen molar-refractivity contribution in [2.24, 2.45) is 11.8 Å². The first-order valence-corrected chi connectivity index (χ1v) is 27.4. The number of piperazine rings is 3. The zero-order valence-electron chi connectivity index (χ0n) is 46.6. The number of Topliss-reactive ketones (excluding diaryl/α,β-unsaturated/α-hetero) is 1. The number of ketones is 1. The van der Waals surface area contributed by atoms with Crippen molar-refractivity contribution in [3.05, 3.63) is 0 Å². The first-order chi connectivity index (χ1) is 30.7. The molecule has 0 N–H and O–H groups in total. The number of likely N-dealkylation sites (N-methyl/N-ethyl adjacent to an activating group) is 2. The quantitative estimate of drug-likeness (QED) is 0.214. The molecule has 65 heavy (non-hydrogen) atoms. The predicted molar refractivity (Wildman–Crippen MR) is 282 cm³/mol. The molecule has 0 aromatic carbocycles. The third kappa shape index (κ3) is 26.4. The Kier molecular flexibility index (Phi) is 33.3. The molecular weight excluding hydrogens is 807 g/mol. The van der Waals surface area contributed by atoms with Crippen molar-refractivity contribution in [1.29, 1.82) is 0 Å². The van der Waals surface area contributed by atoms with Crippen molar-refractivity contribution in [3.63, 3.8) is 0 Å². The van der Waals surface area contributed by atoms with Crippen LogP contribution in [0.1, 0.15) is 162 Å². The van der Waals surface area contributed by atoms with E-state index in [4.69, 9.17) is 0 Å². The molecule has 0 aromatic rings. The van der Waals surface area contributed by atoms with E-state index in [1.165, 1.54) is 117 Å². The summed E-state index contributed by atoms with van der Waals surface area (Å²) in [4.78, 5) is 44.3. The van der Waals surface area contributed by atoms with E-state index in [0.29, 0.717) is 36.1 Å². The molecule has 0 radical (unpaired) electrons. The molecule has 11 heteroatoms. The van der Waals surface area contributed by atoms with Crippen LogP contribution in [0.25, 0.3) is 0 Å². The van der Waals surface area contributed by atoms with Gasteiger partial charge in [-0.25, -0.2) is 0 Å². The number of amides is 1. The molecule has 0 aromatic heterocycles. The average molecular weight is 921 g/mol. The van der Waals surface area contributed by atoms with Gasteiger partial charge in [-0.3, -0.25) is 24.3 Å². The molecular formula is C54H113N9O2. The van der Waals surface area contributed by atoms with Gasteiger partial charge < -0.3 is 29.4 Å². The van der Waals surface area contributed by atoms with Crippen LogP contribution in [0.5, 0.6) is 0 Å². The Bertz CT molecular complexity index is 1120. The third-order valence-corrected chi connectivity index (χ3v) is 15.2. The normalized spacial score (nSPS) is 22.2. The summed E-state index contributed by atoms with van der Waals surface area (Å²) in [6.45, 7) is 57.9. The van der Waals surface area contributed by atoms with Crippen LogP contribution >= 0.6 is 0 Å². The van der Waals surface area contributed by atoms with Crippen LogP contribution in [-0.2, 0) is 9.59 Å². The maximum Gasteiger partial charge on any atom is 0.222 e. The van der Waals surface area contributed by atoms with Crippen molar-refractivity contribution in [2.75, 3.05) is 131 Å². The van der Waals surface area contributed by atoms with Crippen molar-refractivity contribution < 1.29 is 9.59 Å². The van der Waals surface area contributed by atoms with Crippen LogP contribution in [0.2, 0.25) is 0 Å². The zero-order valence-corrected chi connectivity index (χ0v) is 46.6. The summed E-state index contributed by atoms with van der Waals surface area (Å²) in [5.74, 6) is 2.03. The Morgan fingerprint density at radius 1 is 0.431 bits per heavy atom. The maximum absolute atomic E-state index is 11.4. The van der Waals surface area contributed by atoms with E-state index in [9.17, 15) is 9.59 Å². The number of carbonyl (C=O) groups is 2. The molecule has 0 unspecified atom stereocenters. The summed E-state index contributed by atoms with van der Waals surface area (Å²) in [6, 6.07) is 4.24. The fourth-order valence-corrected chi connectivity index (χ4v) is 9.60. The van der Waals surface area contributed by atoms with Gasteiger partial charge in [-0.2, -0.15) is 0 Å². The number of hydrogen-bond acceptors (Lipinski definition) is 10. The standard InChI is InChI=1S/C10H20N2O.C10H19NO.C10H21N.C9H20N2.C8H18N2.C7H15N/c1-4-10(13)12-7-5-11(6-8-12)9(2)3;1-8(2)11-6-4-10(5-7-11)9(3)12;2*1-4-10-5-7-11(8-6-10)9(2)3;1-8(2)10-6-4-9(3)5-7-10;1-7(2)8-5-3-4-6-8/h9H,4-8H2,1-3H3;8,10H,4-7H2,1-3H3;9-10H,4-8H2,1-3H3;9H,4-8H2,1-3H3;8H,4-7H2,1-3H3;7H,3-6H2,1-2H3. The van der Waals surface area contributed by atoms with Gasteiger partial charge in [0.05, 0.1) is 0 Å². The minimum atomic E-state index is 0.295. The second-order valence-electron chi connectivity index (χ2n) is 21.7. The fourth-order valence-electron chi connectivity index (χ4n) is 9.60. The fraction of sp³-hybridized carbons (Fsp3) is 0.963. The third-order valence-electron chi connectivity index (χ3n) is 15.2. The molecule has 0 spiro atoms. The lowest BCUT2D eigenvalue weighted by molar-refractivity contribution is -0.132. The number of likely N-dealkylation sites (tertiary alicyclic amines) is 3. The second kappa shape index (κ2) is 35.0. The van der Waals surface area contributed by atoms with E-state index >= 15 is 0 Å². The first kappa shape index (κ1) is 61.8. The van der Waals surface area contributed by atoms with Gasteiger partial charge in [0.25, 0.3) is 0 Å². The number of carbonyl (C=O) groups excluding carboxylic acids is 2. The van der Waals surface area contributed by atoms with Crippen LogP contribution in [0.15, 0.2) is 0 Å². The van der Waals surface area contributed by atoms with Gasteiger partial charge >= 0.3 is 0 Å². The highest BCUT2D eigenvalue weighted by molar-refractivity contribution is 5.78. The Morgan fingerprint density at radius 3 is 1.06 bits per heavy atom. The van der Waals surface area contributed by atoms with Crippen LogP contribution in [0.3, 0.4) is 0 Å². The lowest BCUT2D eigenvalue weighted by Crippen LogP contribution is -2.50. The highest BCUT2D eigenvalue weighted by atomic mass is 16.2. The Balaban J connectivity index is 0.000000392. The zero-order chi connectivity index (χ0) is 49.1. The van der Waals surface area contributed by atoms with Crippen LogP contribution in [-0.4, -0.2) is 223 Å². The Hall–Kier alpha value is -1.18. The van der Waals surface area contributed by atoms with Crippen LogP contribution in [0, 0.1) is 11.8 Å². The van der Waals surface area contributed by atoms with Gasteiger partial charge in [-0.15, -0.1) is 0 Å². The summed E-state index contributed by atoms with van der Waals surface area (Å²) >= 11 is 0. The first-order valence-electron chi connectivity index (χ1n) is 27.4. The van der Waals surface area contributed by atoms with Crippen LogP contribution in [0.4, 0.5) is 0 Å².